The molecule has 0 spiro atoms. The smallest absolute Gasteiger partial charge is 0.124 e. The van der Waals surface area contributed by atoms with Crippen molar-refractivity contribution in [3.63, 3.8) is 0 Å². The van der Waals surface area contributed by atoms with Crippen molar-refractivity contribution >= 4 is 0 Å². The molecule has 2 N–H and O–H groups in total. The Labute approximate surface area is 115 Å². The number of hydrogen-bond acceptors (Lipinski definition) is 3. The fourth-order valence-electron chi connectivity index (χ4n) is 3.32. The zero-order valence-corrected chi connectivity index (χ0v) is 11.8. The summed E-state index contributed by atoms with van der Waals surface area (Å²) in [4.78, 5) is 0. The topological polar surface area (TPSA) is 44.5 Å². The van der Waals surface area contributed by atoms with Gasteiger partial charge in [0.25, 0.3) is 0 Å². The van der Waals surface area contributed by atoms with Gasteiger partial charge in [0.1, 0.15) is 5.75 Å². The van der Waals surface area contributed by atoms with Crippen LogP contribution in [0.15, 0.2) is 24.3 Å². The zero-order chi connectivity index (χ0) is 13.5. The molecule has 0 radical (unpaired) electrons. The summed E-state index contributed by atoms with van der Waals surface area (Å²) in [7, 11) is 0. The highest BCUT2D eigenvalue weighted by atomic mass is 16.5. The summed E-state index contributed by atoms with van der Waals surface area (Å²) in [5, 5.41) is 0. The van der Waals surface area contributed by atoms with E-state index in [9.17, 15) is 0 Å². The maximum Gasteiger partial charge on any atom is 0.124 e. The number of rotatable bonds is 2. The molecule has 3 nitrogen and oxygen atoms in total. The van der Waals surface area contributed by atoms with Crippen molar-refractivity contribution < 1.29 is 9.47 Å². The molecular weight excluding hydrogens is 238 g/mol. The van der Waals surface area contributed by atoms with Crippen molar-refractivity contribution in [1.82, 2.24) is 0 Å². The van der Waals surface area contributed by atoms with Crippen LogP contribution in [-0.2, 0) is 10.3 Å². The highest BCUT2D eigenvalue weighted by Crippen LogP contribution is 2.41. The van der Waals surface area contributed by atoms with Crippen LogP contribution >= 0.6 is 0 Å². The van der Waals surface area contributed by atoms with E-state index in [1.165, 1.54) is 0 Å². The van der Waals surface area contributed by atoms with E-state index < -0.39 is 0 Å². The number of para-hydroxylation sites is 1. The molecule has 0 saturated carbocycles. The van der Waals surface area contributed by atoms with Gasteiger partial charge in [0.05, 0.1) is 23.9 Å². The standard InChI is InChI=1S/C16H23NO2/c1-15(2)8-7-12(19-15)11-16(17)9-10-18-14-6-4-3-5-13(14)16/h3-6,12H,7-11,17H2,1-2H3. The van der Waals surface area contributed by atoms with Crippen molar-refractivity contribution in [1.29, 1.82) is 0 Å². The molecule has 1 fully saturated rings. The molecule has 0 aliphatic carbocycles. The van der Waals surface area contributed by atoms with Crippen LogP contribution in [0.4, 0.5) is 0 Å². The maximum atomic E-state index is 6.68. The van der Waals surface area contributed by atoms with Crippen LogP contribution < -0.4 is 10.5 Å². The van der Waals surface area contributed by atoms with E-state index in [1.807, 2.05) is 18.2 Å². The SMILES string of the molecule is CC1(C)CCC(CC2(N)CCOc3ccccc32)O1. The fraction of sp³-hybridized carbons (Fsp3) is 0.625. The average molecular weight is 261 g/mol. The van der Waals surface area contributed by atoms with Gasteiger partial charge in [-0.25, -0.2) is 0 Å². The second kappa shape index (κ2) is 4.50. The van der Waals surface area contributed by atoms with Crippen molar-refractivity contribution in [3.05, 3.63) is 29.8 Å². The van der Waals surface area contributed by atoms with Gasteiger partial charge in [-0.05, 0) is 39.2 Å². The first-order valence-corrected chi connectivity index (χ1v) is 7.18. The first-order chi connectivity index (χ1) is 8.99. The molecule has 2 heterocycles. The Balaban J connectivity index is 1.81. The van der Waals surface area contributed by atoms with E-state index in [0.29, 0.717) is 6.61 Å². The van der Waals surface area contributed by atoms with Gasteiger partial charge < -0.3 is 15.2 Å². The first-order valence-electron chi connectivity index (χ1n) is 7.18. The van der Waals surface area contributed by atoms with Crippen LogP contribution in [-0.4, -0.2) is 18.3 Å². The molecule has 3 heteroatoms. The highest BCUT2D eigenvalue weighted by molar-refractivity contribution is 5.40. The van der Waals surface area contributed by atoms with E-state index in [-0.39, 0.29) is 17.2 Å². The summed E-state index contributed by atoms with van der Waals surface area (Å²) in [6.07, 6.45) is 4.24. The summed E-state index contributed by atoms with van der Waals surface area (Å²) in [6.45, 7) is 5.02. The van der Waals surface area contributed by atoms with Crippen LogP contribution in [0.2, 0.25) is 0 Å². The van der Waals surface area contributed by atoms with Gasteiger partial charge in [0.15, 0.2) is 0 Å². The maximum absolute atomic E-state index is 6.68. The minimum Gasteiger partial charge on any atom is -0.493 e. The Hall–Kier alpha value is -1.06. The first kappa shape index (κ1) is 12.9. The molecule has 2 aliphatic heterocycles. The Morgan fingerprint density at radius 1 is 1.26 bits per heavy atom. The lowest BCUT2D eigenvalue weighted by atomic mass is 9.80. The molecule has 0 bridgehead atoms. The molecule has 2 atom stereocenters. The van der Waals surface area contributed by atoms with Gasteiger partial charge in [0, 0.05) is 12.0 Å². The van der Waals surface area contributed by atoms with Gasteiger partial charge in [-0.2, -0.15) is 0 Å². The molecule has 1 aromatic rings. The average Bonchev–Trinajstić information content (AvgIpc) is 2.69. The number of nitrogens with two attached hydrogens (primary N) is 1. The highest BCUT2D eigenvalue weighted by Gasteiger charge is 2.40. The van der Waals surface area contributed by atoms with E-state index in [4.69, 9.17) is 15.2 Å². The molecule has 2 unspecified atom stereocenters. The molecule has 2 aliphatic rings. The minimum atomic E-state index is -0.306. The second-order valence-corrected chi connectivity index (χ2v) is 6.49. The summed E-state index contributed by atoms with van der Waals surface area (Å²) in [6, 6.07) is 8.14. The number of fused-ring (bicyclic) bond motifs is 1. The van der Waals surface area contributed by atoms with Crippen molar-refractivity contribution in [3.8, 4) is 5.75 Å². The van der Waals surface area contributed by atoms with Crippen LogP contribution in [0.25, 0.3) is 0 Å². The summed E-state index contributed by atoms with van der Waals surface area (Å²) < 4.78 is 11.8. The van der Waals surface area contributed by atoms with Gasteiger partial charge >= 0.3 is 0 Å². The minimum absolute atomic E-state index is 0.00567. The third kappa shape index (κ3) is 2.49. The molecule has 0 amide bonds. The lowest BCUT2D eigenvalue weighted by Crippen LogP contribution is -2.44. The van der Waals surface area contributed by atoms with E-state index in [1.54, 1.807) is 0 Å². The van der Waals surface area contributed by atoms with Gasteiger partial charge in [-0.3, -0.25) is 0 Å². The summed E-state index contributed by atoms with van der Waals surface area (Å²) in [5.74, 6) is 0.938. The Kier molecular flexibility index (Phi) is 3.06. The molecule has 104 valence electrons. The van der Waals surface area contributed by atoms with E-state index in [2.05, 4.69) is 19.9 Å². The van der Waals surface area contributed by atoms with Crippen LogP contribution in [0.1, 0.15) is 45.1 Å². The Bertz CT molecular complexity index is 472. The number of benzene rings is 1. The van der Waals surface area contributed by atoms with E-state index in [0.717, 1.165) is 37.0 Å². The molecule has 19 heavy (non-hydrogen) atoms. The third-order valence-corrected chi connectivity index (χ3v) is 4.38. The lowest BCUT2D eigenvalue weighted by Gasteiger charge is -2.37. The normalized spacial score (nSPS) is 32.7. The third-order valence-electron chi connectivity index (χ3n) is 4.38. The van der Waals surface area contributed by atoms with Crippen LogP contribution in [0.5, 0.6) is 5.75 Å². The monoisotopic (exact) mass is 261 g/mol. The molecular formula is C16H23NO2. The van der Waals surface area contributed by atoms with Crippen LogP contribution in [0.3, 0.4) is 0 Å². The van der Waals surface area contributed by atoms with Crippen molar-refractivity contribution in [2.24, 2.45) is 5.73 Å². The Morgan fingerprint density at radius 2 is 2.05 bits per heavy atom. The van der Waals surface area contributed by atoms with Crippen molar-refractivity contribution in [2.75, 3.05) is 6.61 Å². The van der Waals surface area contributed by atoms with Gasteiger partial charge in [0.2, 0.25) is 0 Å². The quantitative estimate of drug-likeness (QED) is 0.890. The largest absolute Gasteiger partial charge is 0.493 e. The van der Waals surface area contributed by atoms with Crippen LogP contribution in [0, 0.1) is 0 Å². The van der Waals surface area contributed by atoms with Gasteiger partial charge in [-0.1, -0.05) is 18.2 Å². The molecule has 1 saturated heterocycles. The lowest BCUT2D eigenvalue weighted by molar-refractivity contribution is -0.0299. The number of hydrogen-bond donors (Lipinski definition) is 1. The van der Waals surface area contributed by atoms with Crippen molar-refractivity contribution in [2.45, 2.75) is 56.8 Å². The second-order valence-electron chi connectivity index (χ2n) is 6.49. The fourth-order valence-corrected chi connectivity index (χ4v) is 3.32. The Morgan fingerprint density at radius 3 is 2.79 bits per heavy atom. The predicted molar refractivity (Wildman–Crippen MR) is 75.2 cm³/mol. The predicted octanol–water partition coefficient (Wildman–Crippen LogP) is 2.97. The molecule has 3 rings (SSSR count). The molecule has 1 aromatic carbocycles. The summed E-state index contributed by atoms with van der Waals surface area (Å²) in [5.41, 5.74) is 7.51. The van der Waals surface area contributed by atoms with E-state index >= 15 is 0 Å². The number of ether oxygens (including phenoxy) is 2. The zero-order valence-electron chi connectivity index (χ0n) is 11.8. The molecule has 0 aromatic heterocycles. The van der Waals surface area contributed by atoms with Gasteiger partial charge in [-0.15, -0.1) is 0 Å². The summed E-state index contributed by atoms with van der Waals surface area (Å²) >= 11 is 0.